The number of nitrogens with two attached hydrogens (primary N) is 1. The van der Waals surface area contributed by atoms with Crippen molar-refractivity contribution in [3.8, 4) is 0 Å². The Morgan fingerprint density at radius 1 is 1.50 bits per heavy atom. The quantitative estimate of drug-likeness (QED) is 0.568. The number of fused-ring (bicyclic) bond motifs is 1. The molecule has 0 aliphatic carbocycles. The van der Waals surface area contributed by atoms with Crippen LogP contribution in [-0.2, 0) is 0 Å². The van der Waals surface area contributed by atoms with Gasteiger partial charge in [-0.2, -0.15) is 0 Å². The van der Waals surface area contributed by atoms with E-state index in [1.807, 2.05) is 6.07 Å². The van der Waals surface area contributed by atoms with Crippen LogP contribution < -0.4 is 16.0 Å². The number of anilines is 3. The molecule has 0 fully saturated rings. The summed E-state index contributed by atoms with van der Waals surface area (Å²) in [5.41, 5.74) is 10.2. The van der Waals surface area contributed by atoms with Gasteiger partial charge < -0.3 is 16.0 Å². The maximum absolute atomic E-state index is 5.81. The van der Waals surface area contributed by atoms with Crippen molar-refractivity contribution in [1.29, 1.82) is 0 Å². The van der Waals surface area contributed by atoms with Gasteiger partial charge in [0.2, 0.25) is 0 Å². The Balaban J connectivity index is 2.64. The molecule has 1 aliphatic heterocycles. The maximum atomic E-state index is 5.81. The zero-order valence-corrected chi connectivity index (χ0v) is 7.39. The lowest BCUT2D eigenvalue weighted by molar-refractivity contribution is 1.03. The lowest BCUT2D eigenvalue weighted by Crippen LogP contribution is -2.16. The van der Waals surface area contributed by atoms with Gasteiger partial charge in [-0.15, -0.1) is 0 Å². The molecule has 0 atom stereocenters. The van der Waals surface area contributed by atoms with Gasteiger partial charge in [0, 0.05) is 7.05 Å². The number of hydrogen-bond donors (Lipinski definition) is 2. The summed E-state index contributed by atoms with van der Waals surface area (Å²) in [6.07, 6.45) is 0. The first kappa shape index (κ1) is 7.28. The predicted octanol–water partition coefficient (Wildman–Crippen LogP) is 1.40. The number of benzene rings is 1. The highest BCUT2D eigenvalue weighted by atomic mass is 15.3. The molecule has 12 heavy (non-hydrogen) atoms. The summed E-state index contributed by atoms with van der Waals surface area (Å²) >= 11 is 0. The van der Waals surface area contributed by atoms with Crippen LogP contribution in [0.25, 0.3) is 0 Å². The summed E-state index contributed by atoms with van der Waals surface area (Å²) < 4.78 is 0. The van der Waals surface area contributed by atoms with Crippen LogP contribution in [0.5, 0.6) is 0 Å². The number of nitrogens with one attached hydrogen (secondary N) is 1. The van der Waals surface area contributed by atoms with Gasteiger partial charge in [-0.25, -0.2) is 0 Å². The minimum atomic E-state index is 0.833. The van der Waals surface area contributed by atoms with Crippen LogP contribution in [0.3, 0.4) is 0 Å². The summed E-state index contributed by atoms with van der Waals surface area (Å²) in [5.74, 6) is 0. The van der Waals surface area contributed by atoms with Crippen molar-refractivity contribution in [3.63, 3.8) is 0 Å². The number of hydrogen-bond acceptors (Lipinski definition) is 3. The number of nitrogens with zero attached hydrogens (tertiary/aromatic N) is 1. The van der Waals surface area contributed by atoms with Gasteiger partial charge in [0.05, 0.1) is 23.7 Å². The Morgan fingerprint density at radius 3 is 2.92 bits per heavy atom. The molecule has 0 amide bonds. The van der Waals surface area contributed by atoms with Crippen molar-refractivity contribution < 1.29 is 0 Å². The topological polar surface area (TPSA) is 41.3 Å². The van der Waals surface area contributed by atoms with E-state index >= 15 is 0 Å². The summed E-state index contributed by atoms with van der Waals surface area (Å²) in [4.78, 5) is 2.17. The molecule has 1 heterocycles. The first-order valence-electron chi connectivity index (χ1n) is 4.04. The van der Waals surface area contributed by atoms with Crippen LogP contribution in [-0.4, -0.2) is 13.7 Å². The van der Waals surface area contributed by atoms with E-state index in [1.54, 1.807) is 0 Å². The molecular formula is C9H13N3. The molecule has 0 spiro atoms. The summed E-state index contributed by atoms with van der Waals surface area (Å²) in [5, 5.41) is 3.26. The highest BCUT2D eigenvalue weighted by Crippen LogP contribution is 2.37. The van der Waals surface area contributed by atoms with E-state index in [-0.39, 0.29) is 0 Å². The smallest absolute Gasteiger partial charge is 0.0875 e. The van der Waals surface area contributed by atoms with Crippen LogP contribution in [0.15, 0.2) is 12.1 Å². The minimum absolute atomic E-state index is 0.833. The third kappa shape index (κ3) is 0.826. The van der Waals surface area contributed by atoms with E-state index in [2.05, 4.69) is 30.3 Å². The van der Waals surface area contributed by atoms with Crippen molar-refractivity contribution in [2.45, 2.75) is 6.92 Å². The van der Waals surface area contributed by atoms with Crippen LogP contribution in [0, 0.1) is 6.92 Å². The fourth-order valence-corrected chi connectivity index (χ4v) is 1.67. The summed E-state index contributed by atoms with van der Waals surface area (Å²) in [6, 6.07) is 4.00. The van der Waals surface area contributed by atoms with Gasteiger partial charge in [0.25, 0.3) is 0 Å². The van der Waals surface area contributed by atoms with Crippen LogP contribution in [0.2, 0.25) is 0 Å². The highest BCUT2D eigenvalue weighted by Gasteiger charge is 2.18. The molecule has 0 aromatic heterocycles. The van der Waals surface area contributed by atoms with Crippen LogP contribution in [0.4, 0.5) is 17.1 Å². The normalized spacial score (nSPS) is 14.3. The maximum Gasteiger partial charge on any atom is 0.0875 e. The molecule has 0 saturated carbocycles. The van der Waals surface area contributed by atoms with Gasteiger partial charge in [-0.1, -0.05) is 6.07 Å². The number of aryl methyl sites for hydroxylation is 1. The molecule has 1 aromatic rings. The number of rotatable bonds is 0. The lowest BCUT2D eigenvalue weighted by Gasteiger charge is -2.12. The average molecular weight is 163 g/mol. The predicted molar refractivity (Wildman–Crippen MR) is 52.5 cm³/mol. The fraction of sp³-hybridized carbons (Fsp3) is 0.333. The zero-order chi connectivity index (χ0) is 8.72. The Morgan fingerprint density at radius 2 is 2.25 bits per heavy atom. The third-order valence-corrected chi connectivity index (χ3v) is 2.29. The third-order valence-electron chi connectivity index (χ3n) is 2.29. The second-order valence-corrected chi connectivity index (χ2v) is 3.23. The van der Waals surface area contributed by atoms with Gasteiger partial charge in [-0.3, -0.25) is 0 Å². The Labute approximate surface area is 72.2 Å². The Bertz CT molecular complexity index is 320. The Hall–Kier alpha value is -1.38. The minimum Gasteiger partial charge on any atom is -0.397 e. The molecule has 0 unspecified atom stereocenters. The van der Waals surface area contributed by atoms with Crippen molar-refractivity contribution in [3.05, 3.63) is 17.7 Å². The standard InChI is InChI=1S/C9H13N3/c1-6-3-4-7(10)8-9(6)12(2)5-11-8/h3-4,11H,5,10H2,1-2H3. The molecule has 3 N–H and O–H groups in total. The molecule has 0 radical (unpaired) electrons. The van der Waals surface area contributed by atoms with E-state index in [0.717, 1.165) is 18.0 Å². The molecule has 64 valence electrons. The fourth-order valence-electron chi connectivity index (χ4n) is 1.67. The van der Waals surface area contributed by atoms with Gasteiger partial charge in [-0.05, 0) is 18.6 Å². The summed E-state index contributed by atoms with van der Waals surface area (Å²) in [7, 11) is 2.06. The largest absolute Gasteiger partial charge is 0.397 e. The monoisotopic (exact) mass is 163 g/mol. The molecule has 1 aliphatic rings. The molecule has 3 heteroatoms. The van der Waals surface area contributed by atoms with E-state index in [9.17, 15) is 0 Å². The van der Waals surface area contributed by atoms with E-state index < -0.39 is 0 Å². The first-order valence-corrected chi connectivity index (χ1v) is 4.04. The molecular weight excluding hydrogens is 150 g/mol. The Kier molecular flexibility index (Phi) is 1.40. The highest BCUT2D eigenvalue weighted by molar-refractivity contribution is 5.87. The van der Waals surface area contributed by atoms with Gasteiger partial charge >= 0.3 is 0 Å². The second kappa shape index (κ2) is 2.30. The average Bonchev–Trinajstić information content (AvgIpc) is 2.42. The molecule has 1 aromatic carbocycles. The van der Waals surface area contributed by atoms with Crippen LogP contribution >= 0.6 is 0 Å². The zero-order valence-electron chi connectivity index (χ0n) is 7.39. The van der Waals surface area contributed by atoms with E-state index in [0.29, 0.717) is 0 Å². The van der Waals surface area contributed by atoms with Gasteiger partial charge in [0.15, 0.2) is 0 Å². The molecule has 0 bridgehead atoms. The van der Waals surface area contributed by atoms with E-state index in [4.69, 9.17) is 5.73 Å². The van der Waals surface area contributed by atoms with Crippen molar-refractivity contribution in [2.75, 3.05) is 29.7 Å². The van der Waals surface area contributed by atoms with Crippen molar-refractivity contribution in [1.82, 2.24) is 0 Å². The molecule has 0 saturated heterocycles. The first-order chi connectivity index (χ1) is 5.70. The number of nitrogen functional groups attached to an aromatic ring is 1. The molecule has 3 nitrogen and oxygen atoms in total. The van der Waals surface area contributed by atoms with Gasteiger partial charge in [0.1, 0.15) is 0 Å². The van der Waals surface area contributed by atoms with Crippen molar-refractivity contribution >= 4 is 17.1 Å². The van der Waals surface area contributed by atoms with Crippen molar-refractivity contribution in [2.24, 2.45) is 0 Å². The molecule has 2 rings (SSSR count). The van der Waals surface area contributed by atoms with E-state index in [1.165, 1.54) is 11.3 Å². The lowest BCUT2D eigenvalue weighted by atomic mass is 10.1. The summed E-state index contributed by atoms with van der Waals surface area (Å²) in [6.45, 7) is 2.95. The SMILES string of the molecule is Cc1ccc(N)c2c1N(C)CN2. The second-order valence-electron chi connectivity index (χ2n) is 3.23. The van der Waals surface area contributed by atoms with Crippen LogP contribution in [0.1, 0.15) is 5.56 Å².